The van der Waals surface area contributed by atoms with E-state index in [9.17, 15) is 14.4 Å². The molecule has 0 aromatic carbocycles. The molecule has 0 atom stereocenters. The molecule has 1 spiro atoms. The highest BCUT2D eigenvalue weighted by atomic mass is 16.2. The molecule has 8 heteroatoms. The van der Waals surface area contributed by atoms with E-state index in [2.05, 4.69) is 15.7 Å². The predicted molar refractivity (Wildman–Crippen MR) is 72.5 cm³/mol. The summed E-state index contributed by atoms with van der Waals surface area (Å²) in [5.41, 5.74) is 0.540. The lowest BCUT2D eigenvalue weighted by molar-refractivity contribution is -0.125. The number of hydrogen-bond donors (Lipinski definition) is 2. The zero-order chi connectivity index (χ0) is 15.2. The summed E-state index contributed by atoms with van der Waals surface area (Å²) in [6.07, 6.45) is 2.41. The summed E-state index contributed by atoms with van der Waals surface area (Å²) >= 11 is 0. The Morgan fingerprint density at radius 1 is 1.33 bits per heavy atom. The van der Waals surface area contributed by atoms with Gasteiger partial charge in [-0.05, 0) is 19.8 Å². The molecule has 1 aromatic heterocycles. The Labute approximate surface area is 121 Å². The maximum Gasteiger partial charge on any atom is 0.322 e. The average molecular weight is 291 g/mol. The molecule has 2 fully saturated rings. The van der Waals surface area contributed by atoms with Crippen molar-refractivity contribution in [2.24, 2.45) is 7.05 Å². The normalized spacial score (nSPS) is 20.6. The van der Waals surface area contributed by atoms with E-state index in [1.165, 1.54) is 0 Å². The molecular formula is C13H17N5O3. The van der Waals surface area contributed by atoms with Gasteiger partial charge in [0.15, 0.2) is 0 Å². The minimum atomic E-state index is -0.849. The highest BCUT2D eigenvalue weighted by Crippen LogP contribution is 2.26. The van der Waals surface area contributed by atoms with Crippen LogP contribution in [0.15, 0.2) is 6.20 Å². The number of imide groups is 1. The maximum atomic E-state index is 12.5. The third kappa shape index (κ3) is 2.07. The first-order chi connectivity index (χ1) is 9.93. The lowest BCUT2D eigenvalue weighted by Gasteiger charge is -2.36. The molecule has 4 amide bonds. The number of aromatic nitrogens is 2. The highest BCUT2D eigenvalue weighted by molar-refractivity contribution is 6.07. The molecule has 8 nitrogen and oxygen atoms in total. The molecule has 3 rings (SSSR count). The van der Waals surface area contributed by atoms with Crippen LogP contribution in [0.5, 0.6) is 0 Å². The average Bonchev–Trinajstić information content (AvgIpc) is 2.91. The standard InChI is InChI=1S/C13H17N5O3/c1-8-9(7-14-17(8)2)10(19)18-5-3-13(4-6-18)11(20)15-12(21)16-13/h7H,3-6H2,1-2H3,(H2,15,16,20,21). The quantitative estimate of drug-likeness (QED) is 0.684. The van der Waals surface area contributed by atoms with Gasteiger partial charge in [-0.1, -0.05) is 0 Å². The Bertz CT molecular complexity index is 628. The topological polar surface area (TPSA) is 96.3 Å². The Morgan fingerprint density at radius 2 is 2.00 bits per heavy atom. The lowest BCUT2D eigenvalue weighted by Crippen LogP contribution is -2.55. The van der Waals surface area contributed by atoms with Gasteiger partial charge in [-0.15, -0.1) is 0 Å². The van der Waals surface area contributed by atoms with Gasteiger partial charge in [0.25, 0.3) is 11.8 Å². The summed E-state index contributed by atoms with van der Waals surface area (Å²) in [4.78, 5) is 37.3. The van der Waals surface area contributed by atoms with Crippen LogP contribution in [0.3, 0.4) is 0 Å². The number of carbonyl (C=O) groups is 3. The first kappa shape index (κ1) is 13.6. The van der Waals surface area contributed by atoms with Crippen molar-refractivity contribution in [2.75, 3.05) is 13.1 Å². The number of piperidine rings is 1. The number of urea groups is 1. The smallest absolute Gasteiger partial charge is 0.322 e. The van der Waals surface area contributed by atoms with E-state index in [0.717, 1.165) is 5.69 Å². The Morgan fingerprint density at radius 3 is 2.48 bits per heavy atom. The molecular weight excluding hydrogens is 274 g/mol. The molecule has 0 aliphatic carbocycles. The van der Waals surface area contributed by atoms with Gasteiger partial charge >= 0.3 is 6.03 Å². The number of aryl methyl sites for hydroxylation is 1. The fourth-order valence-electron chi connectivity index (χ4n) is 2.85. The van der Waals surface area contributed by atoms with Crippen molar-refractivity contribution in [3.05, 3.63) is 17.5 Å². The molecule has 0 radical (unpaired) electrons. The van der Waals surface area contributed by atoms with Crippen molar-refractivity contribution in [2.45, 2.75) is 25.3 Å². The number of likely N-dealkylation sites (tertiary alicyclic amines) is 1. The molecule has 0 saturated carbocycles. The SMILES string of the molecule is Cc1c(C(=O)N2CCC3(CC2)NC(=O)NC3=O)cnn1C. The van der Waals surface area contributed by atoms with Gasteiger partial charge in [-0.25, -0.2) is 4.79 Å². The highest BCUT2D eigenvalue weighted by Gasteiger charge is 2.48. The Kier molecular flexibility index (Phi) is 2.96. The second-order valence-corrected chi connectivity index (χ2v) is 5.55. The number of rotatable bonds is 1. The van der Waals surface area contributed by atoms with Crippen LogP contribution in [0.2, 0.25) is 0 Å². The number of hydrogen-bond acceptors (Lipinski definition) is 4. The van der Waals surface area contributed by atoms with Gasteiger partial charge < -0.3 is 10.2 Å². The summed E-state index contributed by atoms with van der Waals surface area (Å²) < 4.78 is 1.66. The van der Waals surface area contributed by atoms with Gasteiger partial charge in [0.2, 0.25) is 0 Å². The van der Waals surface area contributed by atoms with Crippen LogP contribution >= 0.6 is 0 Å². The minimum Gasteiger partial charge on any atom is -0.338 e. The zero-order valence-electron chi connectivity index (χ0n) is 12.0. The van der Waals surface area contributed by atoms with Crippen LogP contribution in [-0.4, -0.2) is 51.2 Å². The first-order valence-electron chi connectivity index (χ1n) is 6.84. The van der Waals surface area contributed by atoms with Crippen molar-refractivity contribution >= 4 is 17.8 Å². The van der Waals surface area contributed by atoms with Crippen molar-refractivity contribution in [3.8, 4) is 0 Å². The van der Waals surface area contributed by atoms with Crippen molar-refractivity contribution < 1.29 is 14.4 Å². The van der Waals surface area contributed by atoms with Crippen LogP contribution in [0.4, 0.5) is 4.79 Å². The van der Waals surface area contributed by atoms with E-state index in [0.29, 0.717) is 31.5 Å². The molecule has 0 unspecified atom stereocenters. The zero-order valence-corrected chi connectivity index (χ0v) is 12.0. The molecule has 112 valence electrons. The number of amides is 4. The van der Waals surface area contributed by atoms with Crippen molar-refractivity contribution in [3.63, 3.8) is 0 Å². The molecule has 2 N–H and O–H groups in total. The molecule has 1 aromatic rings. The van der Waals surface area contributed by atoms with Crippen LogP contribution in [-0.2, 0) is 11.8 Å². The lowest BCUT2D eigenvalue weighted by atomic mass is 9.87. The first-order valence-corrected chi connectivity index (χ1v) is 6.84. The minimum absolute atomic E-state index is 0.0832. The molecule has 2 aliphatic rings. The van der Waals surface area contributed by atoms with Gasteiger partial charge in [-0.2, -0.15) is 5.10 Å². The van der Waals surface area contributed by atoms with E-state index in [4.69, 9.17) is 0 Å². The van der Waals surface area contributed by atoms with Crippen LogP contribution in [0.1, 0.15) is 28.9 Å². The predicted octanol–water partition coefficient (Wildman–Crippen LogP) is -0.457. The molecule has 2 saturated heterocycles. The number of nitrogens with zero attached hydrogens (tertiary/aromatic N) is 3. The second kappa shape index (κ2) is 4.57. The maximum absolute atomic E-state index is 12.5. The fraction of sp³-hybridized carbons (Fsp3) is 0.538. The van der Waals surface area contributed by atoms with E-state index in [1.807, 2.05) is 6.92 Å². The monoisotopic (exact) mass is 291 g/mol. The third-order valence-corrected chi connectivity index (χ3v) is 4.38. The van der Waals surface area contributed by atoms with E-state index >= 15 is 0 Å². The summed E-state index contributed by atoms with van der Waals surface area (Å²) in [7, 11) is 1.79. The van der Waals surface area contributed by atoms with Crippen molar-refractivity contribution in [1.82, 2.24) is 25.3 Å². The van der Waals surface area contributed by atoms with E-state index < -0.39 is 11.6 Å². The van der Waals surface area contributed by atoms with E-state index in [-0.39, 0.29) is 11.8 Å². The van der Waals surface area contributed by atoms with Crippen LogP contribution in [0, 0.1) is 6.92 Å². The molecule has 0 bridgehead atoms. The van der Waals surface area contributed by atoms with Gasteiger partial charge in [0.1, 0.15) is 5.54 Å². The third-order valence-electron chi connectivity index (χ3n) is 4.38. The second-order valence-electron chi connectivity index (χ2n) is 5.55. The van der Waals surface area contributed by atoms with E-state index in [1.54, 1.807) is 22.8 Å². The summed E-state index contributed by atoms with van der Waals surface area (Å²) in [5, 5.41) is 9.01. The fourth-order valence-corrected chi connectivity index (χ4v) is 2.85. The summed E-state index contributed by atoms with van der Waals surface area (Å²) in [5.74, 6) is -0.377. The van der Waals surface area contributed by atoms with Gasteiger partial charge in [0, 0.05) is 25.8 Å². The Balaban J connectivity index is 1.71. The van der Waals surface area contributed by atoms with Crippen molar-refractivity contribution in [1.29, 1.82) is 0 Å². The molecule has 2 aliphatic heterocycles. The number of nitrogens with one attached hydrogen (secondary N) is 2. The van der Waals surface area contributed by atoms with Gasteiger partial charge in [0.05, 0.1) is 11.8 Å². The van der Waals surface area contributed by atoms with Crippen LogP contribution in [0.25, 0.3) is 0 Å². The number of carbonyl (C=O) groups excluding carboxylic acids is 3. The van der Waals surface area contributed by atoms with Gasteiger partial charge in [-0.3, -0.25) is 19.6 Å². The van der Waals surface area contributed by atoms with Crippen LogP contribution < -0.4 is 10.6 Å². The summed E-state index contributed by atoms with van der Waals surface area (Å²) in [6, 6.07) is -0.456. The molecule has 21 heavy (non-hydrogen) atoms. The molecule has 3 heterocycles. The Hall–Kier alpha value is -2.38. The largest absolute Gasteiger partial charge is 0.338 e. The summed E-state index contributed by atoms with van der Waals surface area (Å²) in [6.45, 7) is 2.71.